The molecule has 3 rings (SSSR count). The molecule has 0 spiro atoms. The third kappa shape index (κ3) is 5.53. The van der Waals surface area contributed by atoms with Crippen LogP contribution in [-0.4, -0.2) is 28.5 Å². The minimum atomic E-state index is -0.419. The van der Waals surface area contributed by atoms with Crippen molar-refractivity contribution in [2.45, 2.75) is 25.8 Å². The molecule has 1 heterocycles. The molecule has 28 heavy (non-hydrogen) atoms. The van der Waals surface area contributed by atoms with Gasteiger partial charge in [-0.1, -0.05) is 54.2 Å². The van der Waals surface area contributed by atoms with Crippen molar-refractivity contribution in [3.05, 3.63) is 86.8 Å². The van der Waals surface area contributed by atoms with Crippen LogP contribution in [0.3, 0.4) is 0 Å². The van der Waals surface area contributed by atoms with E-state index in [9.17, 15) is 14.9 Å². The zero-order valence-corrected chi connectivity index (χ0v) is 16.3. The molecule has 0 aromatic heterocycles. The van der Waals surface area contributed by atoms with Gasteiger partial charge in [0.15, 0.2) is 0 Å². The van der Waals surface area contributed by atoms with Gasteiger partial charge in [0.25, 0.3) is 5.69 Å². The van der Waals surface area contributed by atoms with Crippen molar-refractivity contribution in [1.29, 1.82) is 0 Å². The number of amides is 1. The van der Waals surface area contributed by atoms with Crippen molar-refractivity contribution in [3.63, 3.8) is 0 Å². The average molecular weight is 395 g/mol. The van der Waals surface area contributed by atoms with E-state index in [1.807, 2.05) is 37.3 Å². The average Bonchev–Trinajstić information content (AvgIpc) is 2.69. The number of thioether (sulfide) groups is 1. The number of benzene rings is 2. The summed E-state index contributed by atoms with van der Waals surface area (Å²) in [5, 5.41) is 16.8. The van der Waals surface area contributed by atoms with Gasteiger partial charge in [-0.15, -0.1) is 0 Å². The molecule has 0 saturated heterocycles. The second kappa shape index (κ2) is 9.32. The number of nitrogens with zero attached hydrogens (tertiary/aromatic N) is 2. The van der Waals surface area contributed by atoms with Crippen LogP contribution in [0, 0.1) is 10.1 Å². The molecule has 0 fully saturated rings. The second-order valence-electron chi connectivity index (χ2n) is 6.65. The Hall–Kier alpha value is -2.93. The molecule has 0 saturated carbocycles. The third-order valence-electron chi connectivity index (χ3n) is 4.29. The van der Waals surface area contributed by atoms with Gasteiger partial charge in [0.2, 0.25) is 5.91 Å². The quantitative estimate of drug-likeness (QED) is 0.569. The molecule has 144 valence electrons. The highest BCUT2D eigenvalue weighted by atomic mass is 32.2. The highest BCUT2D eigenvalue weighted by Gasteiger charge is 2.21. The fraction of sp³-hybridized carbons (Fsp3) is 0.238. The first-order valence-corrected chi connectivity index (χ1v) is 9.82. The summed E-state index contributed by atoms with van der Waals surface area (Å²) >= 11 is 1.52. The fourth-order valence-electron chi connectivity index (χ4n) is 2.85. The SMILES string of the molecule is CC1=CSC([C@H](Cc2ccc([N+](=O)[O-])cc2)NC(=O)Cc2ccccc2)=NC1. The van der Waals surface area contributed by atoms with Crippen molar-refractivity contribution in [2.75, 3.05) is 6.54 Å². The Kier molecular flexibility index (Phi) is 6.60. The number of nitro groups is 1. The molecule has 0 radical (unpaired) electrons. The number of nitrogens with one attached hydrogen (secondary N) is 1. The van der Waals surface area contributed by atoms with E-state index < -0.39 is 4.92 Å². The Morgan fingerprint density at radius 2 is 1.89 bits per heavy atom. The molecule has 1 aliphatic heterocycles. The lowest BCUT2D eigenvalue weighted by atomic mass is 10.1. The number of carbonyl (C=O) groups excluding carboxylic acids is 1. The van der Waals surface area contributed by atoms with E-state index in [2.05, 4.69) is 15.7 Å². The summed E-state index contributed by atoms with van der Waals surface area (Å²) in [5.41, 5.74) is 3.09. The minimum absolute atomic E-state index is 0.0522. The van der Waals surface area contributed by atoms with E-state index in [0.717, 1.165) is 16.2 Å². The first-order chi connectivity index (χ1) is 13.5. The Bertz CT molecular complexity index is 908. The van der Waals surface area contributed by atoms with Gasteiger partial charge in [-0.05, 0) is 35.5 Å². The number of nitro benzene ring substituents is 1. The van der Waals surface area contributed by atoms with E-state index in [-0.39, 0.29) is 17.6 Å². The van der Waals surface area contributed by atoms with Crippen LogP contribution < -0.4 is 5.32 Å². The first-order valence-electron chi connectivity index (χ1n) is 8.94. The van der Waals surface area contributed by atoms with E-state index in [4.69, 9.17) is 0 Å². The van der Waals surface area contributed by atoms with Crippen molar-refractivity contribution in [3.8, 4) is 0 Å². The lowest BCUT2D eigenvalue weighted by Crippen LogP contribution is -2.42. The standard InChI is InChI=1S/C21H21N3O3S/c1-15-13-22-21(28-14-15)19(11-17-7-9-18(10-8-17)24(26)27)23-20(25)12-16-5-3-2-4-6-16/h2-10,14,19H,11-13H2,1H3,(H,23,25)/t19-/m0/s1. The van der Waals surface area contributed by atoms with Crippen LogP contribution in [0.25, 0.3) is 0 Å². The van der Waals surface area contributed by atoms with Gasteiger partial charge in [0.1, 0.15) is 0 Å². The molecule has 1 N–H and O–H groups in total. The van der Waals surface area contributed by atoms with Crippen LogP contribution in [0.2, 0.25) is 0 Å². The van der Waals surface area contributed by atoms with Crippen LogP contribution in [0.5, 0.6) is 0 Å². The number of hydrogen-bond acceptors (Lipinski definition) is 5. The van der Waals surface area contributed by atoms with Crippen LogP contribution in [0.15, 0.2) is 70.6 Å². The molecule has 1 atom stereocenters. The number of hydrogen-bond donors (Lipinski definition) is 1. The van der Waals surface area contributed by atoms with Crippen LogP contribution in [0.4, 0.5) is 5.69 Å². The highest BCUT2D eigenvalue weighted by Crippen LogP contribution is 2.21. The van der Waals surface area contributed by atoms with E-state index in [1.165, 1.54) is 29.5 Å². The van der Waals surface area contributed by atoms with Gasteiger partial charge >= 0.3 is 0 Å². The predicted octanol–water partition coefficient (Wildman–Crippen LogP) is 3.91. The topological polar surface area (TPSA) is 84.6 Å². The van der Waals surface area contributed by atoms with Gasteiger partial charge < -0.3 is 5.32 Å². The summed E-state index contributed by atoms with van der Waals surface area (Å²) in [6, 6.07) is 15.7. The van der Waals surface area contributed by atoms with Crippen molar-refractivity contribution >= 4 is 28.4 Å². The van der Waals surface area contributed by atoms with Crippen molar-refractivity contribution < 1.29 is 9.72 Å². The maximum atomic E-state index is 12.6. The molecule has 6 nitrogen and oxygen atoms in total. The molecule has 2 aromatic carbocycles. The van der Waals surface area contributed by atoms with Gasteiger partial charge in [0, 0.05) is 12.1 Å². The minimum Gasteiger partial charge on any atom is -0.347 e. The molecule has 1 amide bonds. The lowest BCUT2D eigenvalue weighted by molar-refractivity contribution is -0.384. The number of non-ortho nitro benzene ring substituents is 1. The summed E-state index contributed by atoms with van der Waals surface area (Å²) in [7, 11) is 0. The predicted molar refractivity (Wildman–Crippen MR) is 113 cm³/mol. The van der Waals surface area contributed by atoms with E-state index >= 15 is 0 Å². The third-order valence-corrected chi connectivity index (χ3v) is 5.47. The van der Waals surface area contributed by atoms with E-state index in [1.54, 1.807) is 12.1 Å². The normalized spacial score (nSPS) is 14.6. The zero-order valence-electron chi connectivity index (χ0n) is 15.5. The highest BCUT2D eigenvalue weighted by molar-refractivity contribution is 8.16. The second-order valence-corrected chi connectivity index (χ2v) is 7.54. The summed E-state index contributed by atoms with van der Waals surface area (Å²) < 4.78 is 0. The largest absolute Gasteiger partial charge is 0.347 e. The maximum absolute atomic E-state index is 12.6. The maximum Gasteiger partial charge on any atom is 0.269 e. The van der Waals surface area contributed by atoms with Crippen molar-refractivity contribution in [1.82, 2.24) is 5.32 Å². The Labute approximate surface area is 167 Å². The van der Waals surface area contributed by atoms with Gasteiger partial charge in [-0.3, -0.25) is 19.9 Å². The summed E-state index contributed by atoms with van der Waals surface area (Å²) in [6.07, 6.45) is 0.821. The molecule has 7 heteroatoms. The Balaban J connectivity index is 1.73. The number of aliphatic imine (C=N–C) groups is 1. The first kappa shape index (κ1) is 19.8. The number of carbonyl (C=O) groups is 1. The van der Waals surface area contributed by atoms with Crippen LogP contribution in [0.1, 0.15) is 18.1 Å². The van der Waals surface area contributed by atoms with Gasteiger partial charge in [-0.25, -0.2) is 0 Å². The molecular formula is C21H21N3O3S. The van der Waals surface area contributed by atoms with Crippen LogP contribution >= 0.6 is 11.8 Å². The monoisotopic (exact) mass is 395 g/mol. The van der Waals surface area contributed by atoms with Gasteiger partial charge in [0.05, 0.1) is 29.0 Å². The number of rotatable bonds is 7. The van der Waals surface area contributed by atoms with Crippen LogP contribution in [-0.2, 0) is 17.6 Å². The zero-order chi connectivity index (χ0) is 19.9. The molecule has 2 aromatic rings. The lowest BCUT2D eigenvalue weighted by Gasteiger charge is -2.22. The summed E-state index contributed by atoms with van der Waals surface area (Å²) in [5.74, 6) is -0.0762. The molecule has 0 bridgehead atoms. The smallest absolute Gasteiger partial charge is 0.269 e. The fourth-order valence-corrected chi connectivity index (χ4v) is 3.69. The van der Waals surface area contributed by atoms with Gasteiger partial charge in [-0.2, -0.15) is 0 Å². The Morgan fingerprint density at radius 1 is 1.18 bits per heavy atom. The summed E-state index contributed by atoms with van der Waals surface area (Å²) in [4.78, 5) is 27.6. The van der Waals surface area contributed by atoms with Crippen molar-refractivity contribution in [2.24, 2.45) is 4.99 Å². The van der Waals surface area contributed by atoms with E-state index in [0.29, 0.717) is 19.4 Å². The molecule has 1 aliphatic rings. The molecule has 0 unspecified atom stereocenters. The molecule has 0 aliphatic carbocycles. The molecular weight excluding hydrogens is 374 g/mol. The summed E-state index contributed by atoms with van der Waals surface area (Å²) in [6.45, 7) is 2.64. The Morgan fingerprint density at radius 3 is 2.50 bits per heavy atom.